The van der Waals surface area contributed by atoms with Gasteiger partial charge in [-0.2, -0.15) is 0 Å². The number of fused-ring (bicyclic) bond motifs is 1. The Balaban J connectivity index is 1.55. The molecule has 144 valence electrons. The second kappa shape index (κ2) is 8.15. The van der Waals surface area contributed by atoms with Gasteiger partial charge in [0.2, 0.25) is 6.79 Å². The lowest BCUT2D eigenvalue weighted by atomic mass is 10.1. The predicted molar refractivity (Wildman–Crippen MR) is 107 cm³/mol. The number of ketones is 1. The Morgan fingerprint density at radius 1 is 1.10 bits per heavy atom. The fourth-order valence-electron chi connectivity index (χ4n) is 2.70. The molecule has 4 rings (SSSR count). The summed E-state index contributed by atoms with van der Waals surface area (Å²) >= 11 is 1.18. The van der Waals surface area contributed by atoms with E-state index in [1.165, 1.54) is 23.9 Å². The number of carbonyl (C=O) groups is 1. The maximum absolute atomic E-state index is 12.5. The summed E-state index contributed by atoms with van der Waals surface area (Å²) in [5.74, 6) is 0.941. The van der Waals surface area contributed by atoms with E-state index in [9.17, 15) is 14.9 Å². The maximum atomic E-state index is 12.5. The van der Waals surface area contributed by atoms with Crippen LogP contribution in [0.15, 0.2) is 76.8 Å². The highest BCUT2D eigenvalue weighted by Crippen LogP contribution is 2.35. The molecular weight excluding hydrogens is 392 g/mol. The minimum Gasteiger partial charge on any atom is -0.454 e. The normalized spacial score (nSPS) is 12.3. The standard InChI is InChI=1S/C21H14N2O5S/c24-17(7-4-14-5-8-18-19(11-14)28-13-27-18)15-6-9-20(16(12-15)23(25)26)29-21-3-1-2-10-22-21/h1-12H,13H2. The second-order valence-corrected chi connectivity index (χ2v) is 7.08. The topological polar surface area (TPSA) is 91.6 Å². The number of nitro groups is 1. The van der Waals surface area contributed by atoms with E-state index in [4.69, 9.17) is 9.47 Å². The molecular formula is C21H14N2O5S. The average molecular weight is 406 g/mol. The van der Waals surface area contributed by atoms with Crippen molar-refractivity contribution in [3.63, 3.8) is 0 Å². The summed E-state index contributed by atoms with van der Waals surface area (Å²) in [4.78, 5) is 28.1. The van der Waals surface area contributed by atoms with Crippen LogP contribution in [0.25, 0.3) is 6.08 Å². The third-order valence-electron chi connectivity index (χ3n) is 4.12. The molecule has 0 radical (unpaired) electrons. The lowest BCUT2D eigenvalue weighted by Gasteiger charge is -2.04. The molecule has 2 heterocycles. The molecule has 0 saturated carbocycles. The zero-order valence-electron chi connectivity index (χ0n) is 15.0. The molecule has 0 unspecified atom stereocenters. The summed E-state index contributed by atoms with van der Waals surface area (Å²) in [7, 11) is 0. The zero-order chi connectivity index (χ0) is 20.2. The van der Waals surface area contributed by atoms with E-state index in [0.717, 1.165) is 5.56 Å². The zero-order valence-corrected chi connectivity index (χ0v) is 15.8. The molecule has 3 aromatic rings. The molecule has 0 amide bonds. The van der Waals surface area contributed by atoms with Crippen molar-refractivity contribution in [1.82, 2.24) is 4.98 Å². The number of nitro benzene ring substituents is 1. The number of nitrogens with zero attached hydrogens (tertiary/aromatic N) is 2. The SMILES string of the molecule is O=C(C=Cc1ccc2c(c1)OCO2)c1ccc(Sc2ccccn2)c([N+](=O)[O-])c1. The van der Waals surface area contributed by atoms with Gasteiger partial charge in [0, 0.05) is 17.8 Å². The van der Waals surface area contributed by atoms with Crippen molar-refractivity contribution < 1.29 is 19.2 Å². The van der Waals surface area contributed by atoms with Crippen molar-refractivity contribution >= 4 is 29.3 Å². The van der Waals surface area contributed by atoms with E-state index in [1.54, 1.807) is 60.8 Å². The highest BCUT2D eigenvalue weighted by molar-refractivity contribution is 7.99. The van der Waals surface area contributed by atoms with Gasteiger partial charge in [0.05, 0.1) is 9.82 Å². The van der Waals surface area contributed by atoms with Crippen molar-refractivity contribution in [3.05, 3.63) is 88.1 Å². The van der Waals surface area contributed by atoms with Crippen LogP contribution >= 0.6 is 11.8 Å². The van der Waals surface area contributed by atoms with E-state index in [2.05, 4.69) is 4.98 Å². The van der Waals surface area contributed by atoms with Crippen molar-refractivity contribution in [2.24, 2.45) is 0 Å². The molecule has 0 bridgehead atoms. The summed E-state index contributed by atoms with van der Waals surface area (Å²) in [6.07, 6.45) is 4.63. The number of hydrogen-bond donors (Lipinski definition) is 0. The van der Waals surface area contributed by atoms with Gasteiger partial charge in [0.25, 0.3) is 5.69 Å². The first-order valence-electron chi connectivity index (χ1n) is 8.59. The summed E-state index contributed by atoms with van der Waals surface area (Å²) in [6, 6.07) is 15.1. The number of aromatic nitrogens is 1. The molecule has 0 N–H and O–H groups in total. The molecule has 0 atom stereocenters. The number of ether oxygens (including phenoxy) is 2. The lowest BCUT2D eigenvalue weighted by Crippen LogP contribution is -1.98. The van der Waals surface area contributed by atoms with Crippen LogP contribution in [0.4, 0.5) is 5.69 Å². The minimum atomic E-state index is -0.496. The summed E-state index contributed by atoms with van der Waals surface area (Å²) < 4.78 is 10.6. The van der Waals surface area contributed by atoms with Gasteiger partial charge in [-0.05, 0) is 48.0 Å². The molecule has 0 spiro atoms. The average Bonchev–Trinajstić information content (AvgIpc) is 3.21. The Morgan fingerprint density at radius 2 is 1.97 bits per heavy atom. The number of rotatable bonds is 6. The van der Waals surface area contributed by atoms with E-state index in [1.807, 2.05) is 0 Å². The number of carbonyl (C=O) groups excluding carboxylic acids is 1. The van der Waals surface area contributed by atoms with Crippen LogP contribution in [0.2, 0.25) is 0 Å². The fraction of sp³-hybridized carbons (Fsp3) is 0.0476. The first-order valence-corrected chi connectivity index (χ1v) is 9.41. The van der Waals surface area contributed by atoms with Gasteiger partial charge in [-0.15, -0.1) is 0 Å². The van der Waals surface area contributed by atoms with E-state index >= 15 is 0 Å². The molecule has 7 nitrogen and oxygen atoms in total. The van der Waals surface area contributed by atoms with Crippen LogP contribution in [0.1, 0.15) is 15.9 Å². The van der Waals surface area contributed by atoms with E-state index in [0.29, 0.717) is 21.4 Å². The largest absolute Gasteiger partial charge is 0.454 e. The predicted octanol–water partition coefficient (Wildman–Crippen LogP) is 4.77. The minimum absolute atomic E-state index is 0.136. The first kappa shape index (κ1) is 18.7. The number of benzene rings is 2. The molecule has 0 aliphatic carbocycles. The number of hydrogen-bond acceptors (Lipinski definition) is 7. The van der Waals surface area contributed by atoms with Gasteiger partial charge in [-0.3, -0.25) is 14.9 Å². The first-order chi connectivity index (χ1) is 14.1. The third-order valence-corrected chi connectivity index (χ3v) is 5.13. The van der Waals surface area contributed by atoms with E-state index in [-0.39, 0.29) is 23.8 Å². The van der Waals surface area contributed by atoms with Gasteiger partial charge < -0.3 is 9.47 Å². The van der Waals surface area contributed by atoms with Gasteiger partial charge in [0.15, 0.2) is 17.3 Å². The quantitative estimate of drug-likeness (QED) is 0.252. The van der Waals surface area contributed by atoms with Crippen molar-refractivity contribution in [2.45, 2.75) is 9.92 Å². The Hall–Kier alpha value is -3.65. The van der Waals surface area contributed by atoms with Crippen LogP contribution in [0.5, 0.6) is 11.5 Å². The Labute approximate surface area is 170 Å². The molecule has 1 aliphatic heterocycles. The summed E-state index contributed by atoms with van der Waals surface area (Å²) in [6.45, 7) is 0.175. The molecule has 1 aromatic heterocycles. The van der Waals surface area contributed by atoms with Crippen molar-refractivity contribution in [3.8, 4) is 11.5 Å². The Morgan fingerprint density at radius 3 is 2.76 bits per heavy atom. The molecule has 0 fully saturated rings. The van der Waals surface area contributed by atoms with Crippen LogP contribution in [-0.4, -0.2) is 22.5 Å². The molecule has 0 saturated heterocycles. The van der Waals surface area contributed by atoms with Gasteiger partial charge >= 0.3 is 0 Å². The van der Waals surface area contributed by atoms with Crippen LogP contribution in [-0.2, 0) is 0 Å². The van der Waals surface area contributed by atoms with Crippen LogP contribution in [0, 0.1) is 10.1 Å². The summed E-state index contributed by atoms with van der Waals surface area (Å²) in [5.41, 5.74) is 0.862. The van der Waals surface area contributed by atoms with Crippen LogP contribution in [0.3, 0.4) is 0 Å². The number of allylic oxidation sites excluding steroid dienone is 1. The molecule has 29 heavy (non-hydrogen) atoms. The Bertz CT molecular complexity index is 1120. The van der Waals surface area contributed by atoms with Gasteiger partial charge in [0.1, 0.15) is 5.03 Å². The summed E-state index contributed by atoms with van der Waals surface area (Å²) in [5, 5.41) is 12.1. The van der Waals surface area contributed by atoms with Crippen LogP contribution < -0.4 is 9.47 Å². The Kier molecular flexibility index (Phi) is 5.26. The van der Waals surface area contributed by atoms with Gasteiger partial charge in [-0.25, -0.2) is 4.98 Å². The second-order valence-electron chi connectivity index (χ2n) is 6.02. The molecule has 1 aliphatic rings. The smallest absolute Gasteiger partial charge is 0.284 e. The lowest BCUT2D eigenvalue weighted by molar-refractivity contribution is -0.387. The van der Waals surface area contributed by atoms with Gasteiger partial charge in [-0.1, -0.05) is 30.0 Å². The van der Waals surface area contributed by atoms with Crippen molar-refractivity contribution in [1.29, 1.82) is 0 Å². The molecule has 2 aromatic carbocycles. The highest BCUT2D eigenvalue weighted by Gasteiger charge is 2.18. The molecule has 8 heteroatoms. The van der Waals surface area contributed by atoms with Crippen molar-refractivity contribution in [2.75, 3.05) is 6.79 Å². The highest BCUT2D eigenvalue weighted by atomic mass is 32.2. The third kappa shape index (κ3) is 4.27. The maximum Gasteiger partial charge on any atom is 0.284 e. The fourth-order valence-corrected chi connectivity index (χ4v) is 3.56. The monoisotopic (exact) mass is 406 g/mol. The van der Waals surface area contributed by atoms with E-state index < -0.39 is 4.92 Å². The number of pyridine rings is 1.